The predicted octanol–water partition coefficient (Wildman–Crippen LogP) is 4.53. The fourth-order valence-corrected chi connectivity index (χ4v) is 3.48. The Balaban J connectivity index is 2.06. The Labute approximate surface area is 128 Å². The highest BCUT2D eigenvalue weighted by Crippen LogP contribution is 2.22. The zero-order chi connectivity index (χ0) is 13.4. The Kier molecular flexibility index (Phi) is 3.56. The maximum absolute atomic E-state index is 5.40. The second kappa shape index (κ2) is 5.19. The summed E-state index contributed by atoms with van der Waals surface area (Å²) >= 11 is 10.7. The van der Waals surface area contributed by atoms with E-state index in [9.17, 15) is 0 Å². The first-order valence-electron chi connectivity index (χ1n) is 5.99. The van der Waals surface area contributed by atoms with Gasteiger partial charge in [0.2, 0.25) is 0 Å². The highest BCUT2D eigenvalue weighted by molar-refractivity contribution is 9.10. The standard InChI is InChI=1S/C13H12BrN3S2/c1-2-9-6-15-12(19-9)7-17-11-5-8(14)3-4-10(11)16-13(17)18/h3-6H,2,7H2,1H3,(H,16,18). The molecule has 19 heavy (non-hydrogen) atoms. The fourth-order valence-electron chi connectivity index (χ4n) is 2.00. The highest BCUT2D eigenvalue weighted by Gasteiger charge is 2.08. The van der Waals surface area contributed by atoms with Crippen LogP contribution in [-0.2, 0) is 13.0 Å². The number of nitrogens with one attached hydrogen (secondary N) is 1. The number of benzene rings is 1. The summed E-state index contributed by atoms with van der Waals surface area (Å²) in [6.07, 6.45) is 2.98. The number of hydrogen-bond acceptors (Lipinski definition) is 3. The quantitative estimate of drug-likeness (QED) is 0.701. The Morgan fingerprint density at radius 1 is 1.47 bits per heavy atom. The van der Waals surface area contributed by atoms with E-state index in [1.165, 1.54) is 4.88 Å². The highest BCUT2D eigenvalue weighted by atomic mass is 79.9. The van der Waals surface area contributed by atoms with Gasteiger partial charge < -0.3 is 9.55 Å². The van der Waals surface area contributed by atoms with Crippen LogP contribution in [0.1, 0.15) is 16.8 Å². The number of hydrogen-bond donors (Lipinski definition) is 1. The Morgan fingerprint density at radius 3 is 3.05 bits per heavy atom. The van der Waals surface area contributed by atoms with Crippen molar-refractivity contribution in [3.63, 3.8) is 0 Å². The number of fused-ring (bicyclic) bond motifs is 1. The molecule has 0 saturated carbocycles. The number of imidazole rings is 1. The molecule has 0 aliphatic rings. The van der Waals surface area contributed by atoms with Crippen LogP contribution in [0, 0.1) is 4.77 Å². The average molecular weight is 354 g/mol. The van der Waals surface area contributed by atoms with E-state index >= 15 is 0 Å². The number of aromatic nitrogens is 3. The lowest BCUT2D eigenvalue weighted by atomic mass is 10.3. The maximum atomic E-state index is 5.40. The minimum Gasteiger partial charge on any atom is -0.331 e. The first-order valence-corrected chi connectivity index (χ1v) is 8.01. The Morgan fingerprint density at radius 2 is 2.32 bits per heavy atom. The molecule has 2 heterocycles. The van der Waals surface area contributed by atoms with Gasteiger partial charge in [0.25, 0.3) is 0 Å². The van der Waals surface area contributed by atoms with Crippen LogP contribution in [0.3, 0.4) is 0 Å². The van der Waals surface area contributed by atoms with Crippen molar-refractivity contribution >= 4 is 50.5 Å². The van der Waals surface area contributed by atoms with E-state index in [2.05, 4.69) is 43.5 Å². The summed E-state index contributed by atoms with van der Waals surface area (Å²) in [6, 6.07) is 6.12. The SMILES string of the molecule is CCc1cnc(Cn2c(=S)[nH]c3ccc(Br)cc32)s1. The third-order valence-electron chi connectivity index (χ3n) is 2.98. The molecule has 0 aliphatic carbocycles. The summed E-state index contributed by atoms with van der Waals surface area (Å²) in [5.41, 5.74) is 2.16. The van der Waals surface area contributed by atoms with Gasteiger partial charge in [-0.3, -0.25) is 0 Å². The van der Waals surface area contributed by atoms with Gasteiger partial charge in [-0.1, -0.05) is 22.9 Å². The van der Waals surface area contributed by atoms with Crippen LogP contribution in [-0.4, -0.2) is 14.5 Å². The van der Waals surface area contributed by atoms with E-state index in [4.69, 9.17) is 12.2 Å². The van der Waals surface area contributed by atoms with Crippen LogP contribution in [0.4, 0.5) is 0 Å². The lowest BCUT2D eigenvalue weighted by Gasteiger charge is -2.01. The third-order valence-corrected chi connectivity index (χ3v) is 4.92. The Hall–Kier alpha value is -0.980. The van der Waals surface area contributed by atoms with Gasteiger partial charge in [-0.2, -0.15) is 0 Å². The van der Waals surface area contributed by atoms with Gasteiger partial charge in [0, 0.05) is 15.5 Å². The van der Waals surface area contributed by atoms with Crippen molar-refractivity contribution < 1.29 is 0 Å². The van der Waals surface area contributed by atoms with E-state index in [1.807, 2.05) is 18.3 Å². The molecule has 3 nitrogen and oxygen atoms in total. The molecular formula is C13H12BrN3S2. The van der Waals surface area contributed by atoms with Crippen LogP contribution >= 0.6 is 39.5 Å². The summed E-state index contributed by atoms with van der Waals surface area (Å²) in [5.74, 6) is 0. The van der Waals surface area contributed by atoms with Gasteiger partial charge in [-0.25, -0.2) is 4.98 Å². The van der Waals surface area contributed by atoms with E-state index in [-0.39, 0.29) is 0 Å². The lowest BCUT2D eigenvalue weighted by Crippen LogP contribution is -1.98. The smallest absolute Gasteiger partial charge is 0.178 e. The van der Waals surface area contributed by atoms with Gasteiger partial charge in [0.1, 0.15) is 5.01 Å². The molecule has 3 aromatic rings. The minimum atomic E-state index is 0.722. The molecule has 0 atom stereocenters. The number of aromatic amines is 1. The molecule has 0 bridgehead atoms. The summed E-state index contributed by atoms with van der Waals surface area (Å²) in [6.45, 7) is 2.87. The number of nitrogens with zero attached hydrogens (tertiary/aromatic N) is 2. The predicted molar refractivity (Wildman–Crippen MR) is 85.4 cm³/mol. The number of rotatable bonds is 3. The van der Waals surface area contributed by atoms with E-state index in [1.54, 1.807) is 11.3 Å². The number of H-pyrrole nitrogens is 1. The summed E-state index contributed by atoms with van der Waals surface area (Å²) in [5, 5.41) is 1.09. The van der Waals surface area contributed by atoms with Gasteiger partial charge in [0.05, 0.1) is 17.6 Å². The molecule has 2 aromatic heterocycles. The first kappa shape index (κ1) is 13.0. The van der Waals surface area contributed by atoms with Gasteiger partial charge in [0.15, 0.2) is 4.77 Å². The molecule has 3 rings (SSSR count). The van der Waals surface area contributed by atoms with Crippen LogP contribution < -0.4 is 0 Å². The second-order valence-electron chi connectivity index (χ2n) is 4.25. The fraction of sp³-hybridized carbons (Fsp3) is 0.231. The molecule has 0 unspecified atom stereocenters. The minimum absolute atomic E-state index is 0.722. The van der Waals surface area contributed by atoms with Crippen molar-refractivity contribution in [1.82, 2.24) is 14.5 Å². The first-order chi connectivity index (χ1) is 9.17. The monoisotopic (exact) mass is 353 g/mol. The zero-order valence-electron chi connectivity index (χ0n) is 10.3. The number of halogens is 1. The van der Waals surface area contributed by atoms with Crippen LogP contribution in [0.5, 0.6) is 0 Å². The molecule has 0 aliphatic heterocycles. The van der Waals surface area contributed by atoms with Gasteiger partial charge in [-0.05, 0) is 36.8 Å². The zero-order valence-corrected chi connectivity index (χ0v) is 13.5. The summed E-state index contributed by atoms with van der Waals surface area (Å²) in [4.78, 5) is 9.00. The normalized spacial score (nSPS) is 11.3. The van der Waals surface area contributed by atoms with Crippen LogP contribution in [0.15, 0.2) is 28.9 Å². The topological polar surface area (TPSA) is 33.6 Å². The van der Waals surface area contributed by atoms with Crippen molar-refractivity contribution in [2.45, 2.75) is 19.9 Å². The molecule has 6 heteroatoms. The van der Waals surface area contributed by atoms with E-state index < -0.39 is 0 Å². The van der Waals surface area contributed by atoms with Crippen LogP contribution in [0.2, 0.25) is 0 Å². The van der Waals surface area contributed by atoms with Crippen molar-refractivity contribution in [1.29, 1.82) is 0 Å². The molecule has 1 aromatic carbocycles. The maximum Gasteiger partial charge on any atom is 0.178 e. The molecule has 0 saturated heterocycles. The molecule has 0 spiro atoms. The molecule has 0 fully saturated rings. The molecule has 0 radical (unpaired) electrons. The second-order valence-corrected chi connectivity index (χ2v) is 6.75. The van der Waals surface area contributed by atoms with Crippen molar-refractivity contribution in [2.24, 2.45) is 0 Å². The largest absolute Gasteiger partial charge is 0.331 e. The summed E-state index contributed by atoms with van der Waals surface area (Å²) in [7, 11) is 0. The molecule has 98 valence electrons. The van der Waals surface area contributed by atoms with Gasteiger partial charge in [-0.15, -0.1) is 11.3 Å². The number of thiazole rings is 1. The number of aryl methyl sites for hydroxylation is 1. The van der Waals surface area contributed by atoms with E-state index in [0.29, 0.717) is 0 Å². The third kappa shape index (κ3) is 2.52. The van der Waals surface area contributed by atoms with Crippen molar-refractivity contribution in [3.05, 3.63) is 43.5 Å². The Bertz CT molecular complexity index is 785. The van der Waals surface area contributed by atoms with Gasteiger partial charge >= 0.3 is 0 Å². The summed E-state index contributed by atoms with van der Waals surface area (Å²) < 4.78 is 3.88. The van der Waals surface area contributed by atoms with Crippen molar-refractivity contribution in [3.8, 4) is 0 Å². The molecule has 1 N–H and O–H groups in total. The average Bonchev–Trinajstić information content (AvgIpc) is 2.96. The van der Waals surface area contributed by atoms with E-state index in [0.717, 1.165) is 38.3 Å². The molecular weight excluding hydrogens is 342 g/mol. The lowest BCUT2D eigenvalue weighted by molar-refractivity contribution is 0.803. The molecule has 0 amide bonds. The van der Waals surface area contributed by atoms with Crippen molar-refractivity contribution in [2.75, 3.05) is 0 Å². The van der Waals surface area contributed by atoms with Crippen LogP contribution in [0.25, 0.3) is 11.0 Å².